The maximum Gasteiger partial charge on any atom is 0.248 e. The van der Waals surface area contributed by atoms with E-state index in [4.69, 9.17) is 18.9 Å². The maximum atomic E-state index is 12.7. The van der Waals surface area contributed by atoms with Crippen molar-refractivity contribution in [2.24, 2.45) is 9.98 Å². The minimum Gasteiger partial charge on any atom is -0.497 e. The number of amides is 2. The van der Waals surface area contributed by atoms with Crippen molar-refractivity contribution < 1.29 is 28.5 Å². The van der Waals surface area contributed by atoms with Crippen LogP contribution in [0.2, 0.25) is 0 Å². The van der Waals surface area contributed by atoms with Crippen LogP contribution in [-0.2, 0) is 9.59 Å². The number of nitriles is 2. The lowest BCUT2D eigenvalue weighted by Crippen LogP contribution is -2.48. The zero-order chi connectivity index (χ0) is 28.9. The minimum atomic E-state index is -0.714. The molecule has 0 spiro atoms. The Kier molecular flexibility index (Phi) is 10.9. The maximum absolute atomic E-state index is 12.7. The minimum absolute atomic E-state index is 0.0488. The molecule has 0 saturated carbocycles. The zero-order valence-electron chi connectivity index (χ0n) is 22.3. The molecule has 0 atom stereocenters. The van der Waals surface area contributed by atoms with Crippen LogP contribution in [0.15, 0.2) is 46.4 Å². The smallest absolute Gasteiger partial charge is 0.248 e. The first-order valence-electron chi connectivity index (χ1n) is 11.2. The van der Waals surface area contributed by atoms with E-state index in [1.165, 1.54) is 52.6 Å². The topological polar surface area (TPSA) is 174 Å². The molecule has 0 aromatic heterocycles. The number of ether oxygens (including phenoxy) is 4. The molecular weight excluding hydrogens is 508 g/mol. The van der Waals surface area contributed by atoms with Gasteiger partial charge >= 0.3 is 0 Å². The van der Waals surface area contributed by atoms with Crippen LogP contribution in [0.3, 0.4) is 0 Å². The standard InChI is InChI=1S/C25H28N8O6/c1-32(24(28-14-26)18-11-16(36-3)7-9-20(18)38-5)30-22(34)13-23(35)31-33(2)25(29-15-27)19-12-17(37-4)8-10-21(19)39-6/h7-12H,13H2,1-6H3,(H,30,34)(H,31,35). The van der Waals surface area contributed by atoms with Gasteiger partial charge < -0.3 is 18.9 Å². The molecule has 14 nitrogen and oxygen atoms in total. The van der Waals surface area contributed by atoms with Crippen LogP contribution in [0.25, 0.3) is 0 Å². The first kappa shape index (κ1) is 29.7. The molecule has 2 aromatic carbocycles. The Morgan fingerprint density at radius 3 is 1.44 bits per heavy atom. The summed E-state index contributed by atoms with van der Waals surface area (Å²) in [5.74, 6) is 0.370. The average molecular weight is 537 g/mol. The van der Waals surface area contributed by atoms with Crippen LogP contribution in [0.4, 0.5) is 0 Å². The van der Waals surface area contributed by atoms with E-state index < -0.39 is 18.2 Å². The summed E-state index contributed by atoms with van der Waals surface area (Å²) in [5, 5.41) is 20.8. The Labute approximate surface area is 225 Å². The highest BCUT2D eigenvalue weighted by Gasteiger charge is 2.22. The molecule has 39 heavy (non-hydrogen) atoms. The molecule has 0 fully saturated rings. The first-order valence-corrected chi connectivity index (χ1v) is 11.2. The van der Waals surface area contributed by atoms with Crippen molar-refractivity contribution in [3.63, 3.8) is 0 Å². The predicted molar refractivity (Wildman–Crippen MR) is 140 cm³/mol. The van der Waals surface area contributed by atoms with Crippen LogP contribution in [0.1, 0.15) is 17.5 Å². The van der Waals surface area contributed by atoms with Gasteiger partial charge in [-0.25, -0.2) is 0 Å². The molecule has 14 heteroatoms. The number of hydrogen-bond acceptors (Lipinski definition) is 10. The SMILES string of the molecule is COc1ccc(OC)c(C(=NC#N)N(C)NC(=O)CC(=O)NN(C)C(=NC#N)c2cc(OC)ccc2OC)c1. The fourth-order valence-electron chi connectivity index (χ4n) is 3.41. The van der Waals surface area contributed by atoms with E-state index in [9.17, 15) is 20.1 Å². The van der Waals surface area contributed by atoms with Gasteiger partial charge in [0.2, 0.25) is 24.2 Å². The lowest BCUT2D eigenvalue weighted by molar-refractivity contribution is -0.132. The summed E-state index contributed by atoms with van der Waals surface area (Å²) >= 11 is 0. The number of nitrogens with zero attached hydrogens (tertiary/aromatic N) is 6. The Morgan fingerprint density at radius 2 is 1.13 bits per heavy atom. The Balaban J connectivity index is 2.17. The number of hydrogen-bond donors (Lipinski definition) is 2. The first-order chi connectivity index (χ1) is 18.7. The van der Waals surface area contributed by atoms with E-state index >= 15 is 0 Å². The molecule has 0 heterocycles. The van der Waals surface area contributed by atoms with Crippen LogP contribution in [-0.4, -0.2) is 76.0 Å². The third kappa shape index (κ3) is 7.74. The van der Waals surface area contributed by atoms with Crippen molar-refractivity contribution in [3.05, 3.63) is 47.5 Å². The zero-order valence-corrected chi connectivity index (χ0v) is 22.3. The van der Waals surface area contributed by atoms with E-state index in [2.05, 4.69) is 20.8 Å². The molecule has 0 bridgehead atoms. The number of amidine groups is 2. The fraction of sp³-hybridized carbons (Fsp3) is 0.280. The molecule has 2 amide bonds. The third-order valence-electron chi connectivity index (χ3n) is 5.15. The van der Waals surface area contributed by atoms with Crippen molar-refractivity contribution in [2.75, 3.05) is 42.5 Å². The summed E-state index contributed by atoms with van der Waals surface area (Å²) in [6.45, 7) is 0. The van der Waals surface area contributed by atoms with E-state index in [1.807, 2.05) is 0 Å². The number of carbonyl (C=O) groups excluding carboxylic acids is 2. The van der Waals surface area contributed by atoms with Gasteiger partial charge in [-0.15, -0.1) is 0 Å². The molecule has 0 unspecified atom stereocenters. The van der Waals surface area contributed by atoms with Gasteiger partial charge in [-0.3, -0.25) is 30.5 Å². The van der Waals surface area contributed by atoms with E-state index in [0.717, 1.165) is 0 Å². The van der Waals surface area contributed by atoms with E-state index in [1.54, 1.807) is 48.8 Å². The number of hydrazine groups is 2. The molecule has 204 valence electrons. The van der Waals surface area contributed by atoms with Gasteiger partial charge in [0.15, 0.2) is 11.7 Å². The van der Waals surface area contributed by atoms with Gasteiger partial charge in [-0.1, -0.05) is 0 Å². The molecule has 0 aliphatic carbocycles. The van der Waals surface area contributed by atoms with Crippen molar-refractivity contribution in [2.45, 2.75) is 6.42 Å². The molecule has 2 aromatic rings. The second kappa shape index (κ2) is 14.3. The van der Waals surface area contributed by atoms with Crippen LogP contribution in [0, 0.1) is 22.9 Å². The highest BCUT2D eigenvalue weighted by molar-refractivity contribution is 6.05. The Morgan fingerprint density at radius 1 is 0.744 bits per heavy atom. The lowest BCUT2D eigenvalue weighted by atomic mass is 10.1. The summed E-state index contributed by atoms with van der Waals surface area (Å²) in [6.07, 6.45) is 2.76. The summed E-state index contributed by atoms with van der Waals surface area (Å²) in [6, 6.07) is 9.74. The van der Waals surface area contributed by atoms with Crippen LogP contribution >= 0.6 is 0 Å². The highest BCUT2D eigenvalue weighted by Crippen LogP contribution is 2.26. The van der Waals surface area contributed by atoms with Gasteiger partial charge in [0, 0.05) is 14.1 Å². The Hall–Kier alpha value is -5.50. The molecule has 0 saturated heterocycles. The summed E-state index contributed by atoms with van der Waals surface area (Å²) in [4.78, 5) is 32.9. The molecule has 2 rings (SSSR count). The number of rotatable bonds is 8. The van der Waals surface area contributed by atoms with Gasteiger partial charge in [0.1, 0.15) is 29.4 Å². The summed E-state index contributed by atoms with van der Waals surface area (Å²) in [5.41, 5.74) is 5.73. The molecule has 2 N–H and O–H groups in total. The number of carbonyl (C=O) groups is 2. The number of benzene rings is 2. The van der Waals surface area contributed by atoms with Crippen molar-refractivity contribution >= 4 is 23.5 Å². The van der Waals surface area contributed by atoms with Crippen LogP contribution < -0.4 is 29.8 Å². The van der Waals surface area contributed by atoms with Gasteiger partial charge in [0.25, 0.3) is 0 Å². The van der Waals surface area contributed by atoms with E-state index in [-0.39, 0.29) is 11.7 Å². The van der Waals surface area contributed by atoms with Crippen molar-refractivity contribution in [3.8, 4) is 35.4 Å². The van der Waals surface area contributed by atoms with Gasteiger partial charge in [-0.2, -0.15) is 20.5 Å². The normalized spacial score (nSPS) is 10.9. The fourth-order valence-corrected chi connectivity index (χ4v) is 3.41. The molecule has 0 aliphatic rings. The quantitative estimate of drug-likeness (QED) is 0.164. The molecule has 0 radical (unpaired) electrons. The predicted octanol–water partition coefficient (Wildman–Crippen LogP) is 1.19. The number of methoxy groups -OCH3 is 4. The highest BCUT2D eigenvalue weighted by atomic mass is 16.5. The van der Waals surface area contributed by atoms with Crippen molar-refractivity contribution in [1.82, 2.24) is 20.9 Å². The van der Waals surface area contributed by atoms with Gasteiger partial charge in [0.05, 0.1) is 39.6 Å². The second-order valence-corrected chi connectivity index (χ2v) is 7.57. The monoisotopic (exact) mass is 536 g/mol. The number of nitrogens with one attached hydrogen (secondary N) is 2. The van der Waals surface area contributed by atoms with Crippen molar-refractivity contribution in [1.29, 1.82) is 10.5 Å². The molecule has 0 aliphatic heterocycles. The second-order valence-electron chi connectivity index (χ2n) is 7.57. The lowest BCUT2D eigenvalue weighted by Gasteiger charge is -2.24. The van der Waals surface area contributed by atoms with E-state index in [0.29, 0.717) is 34.1 Å². The van der Waals surface area contributed by atoms with Crippen LogP contribution in [0.5, 0.6) is 23.0 Å². The summed E-state index contributed by atoms with van der Waals surface area (Å²) < 4.78 is 21.1. The Bertz CT molecular complexity index is 1240. The number of aliphatic imine (C=N–C) groups is 2. The molecular formula is C25H28N8O6. The third-order valence-corrected chi connectivity index (χ3v) is 5.15. The largest absolute Gasteiger partial charge is 0.497 e. The summed E-state index contributed by atoms with van der Waals surface area (Å²) in [7, 11) is 8.74. The van der Waals surface area contributed by atoms with Gasteiger partial charge in [-0.05, 0) is 36.4 Å². The average Bonchev–Trinajstić information content (AvgIpc) is 2.93.